The fourth-order valence-corrected chi connectivity index (χ4v) is 3.76. The third-order valence-electron chi connectivity index (χ3n) is 2.23. The lowest BCUT2D eigenvalue weighted by Crippen LogP contribution is -1.98. The van der Waals surface area contributed by atoms with Gasteiger partial charge in [-0.3, -0.25) is 0 Å². The molecule has 5 heteroatoms. The molecule has 0 spiro atoms. The summed E-state index contributed by atoms with van der Waals surface area (Å²) in [6.45, 7) is 0. The SMILES string of the molecule is COc1csc(C(O)Cc2sccc2Br)c1. The van der Waals surface area contributed by atoms with Crippen molar-refractivity contribution in [1.29, 1.82) is 0 Å². The Morgan fingerprint density at radius 1 is 1.50 bits per heavy atom. The Hall–Kier alpha value is -0.360. The molecule has 1 N–H and O–H groups in total. The first kappa shape index (κ1) is 12.1. The molecule has 0 fully saturated rings. The molecule has 2 nitrogen and oxygen atoms in total. The largest absolute Gasteiger partial charge is 0.496 e. The van der Waals surface area contributed by atoms with Gasteiger partial charge in [0, 0.05) is 26.0 Å². The number of methoxy groups -OCH3 is 1. The van der Waals surface area contributed by atoms with Crippen molar-refractivity contribution >= 4 is 38.6 Å². The molecule has 0 aliphatic heterocycles. The second-order valence-corrected chi connectivity index (χ2v) is 6.10. The van der Waals surface area contributed by atoms with E-state index < -0.39 is 6.10 Å². The maximum atomic E-state index is 10.1. The zero-order valence-electron chi connectivity index (χ0n) is 8.64. The van der Waals surface area contributed by atoms with Crippen molar-refractivity contribution in [3.8, 4) is 5.75 Å². The zero-order valence-corrected chi connectivity index (χ0v) is 11.9. The van der Waals surface area contributed by atoms with Gasteiger partial charge in [0.1, 0.15) is 5.75 Å². The molecular formula is C11H11BrO2S2. The average molecular weight is 319 g/mol. The van der Waals surface area contributed by atoms with E-state index in [1.54, 1.807) is 18.4 Å². The van der Waals surface area contributed by atoms with E-state index in [-0.39, 0.29) is 0 Å². The highest BCUT2D eigenvalue weighted by Crippen LogP contribution is 2.32. The Balaban J connectivity index is 2.08. The Kier molecular flexibility index (Phi) is 4.02. The van der Waals surface area contributed by atoms with Crippen LogP contribution in [0.5, 0.6) is 5.75 Å². The fourth-order valence-electron chi connectivity index (χ4n) is 1.36. The van der Waals surface area contributed by atoms with Crippen molar-refractivity contribution < 1.29 is 9.84 Å². The van der Waals surface area contributed by atoms with Crippen LogP contribution in [0.25, 0.3) is 0 Å². The normalized spacial score (nSPS) is 12.7. The predicted molar refractivity (Wildman–Crippen MR) is 71.6 cm³/mol. The lowest BCUT2D eigenvalue weighted by Gasteiger charge is -2.06. The number of aliphatic hydroxyl groups is 1. The van der Waals surface area contributed by atoms with Gasteiger partial charge < -0.3 is 9.84 Å². The quantitative estimate of drug-likeness (QED) is 0.927. The molecule has 2 aromatic heterocycles. The number of ether oxygens (including phenoxy) is 1. The minimum Gasteiger partial charge on any atom is -0.496 e. The molecule has 1 atom stereocenters. The van der Waals surface area contributed by atoms with Crippen molar-refractivity contribution in [2.45, 2.75) is 12.5 Å². The Morgan fingerprint density at radius 2 is 2.31 bits per heavy atom. The molecular weight excluding hydrogens is 308 g/mol. The highest BCUT2D eigenvalue weighted by Gasteiger charge is 2.14. The molecule has 2 rings (SSSR count). The van der Waals surface area contributed by atoms with Crippen LogP contribution in [-0.2, 0) is 6.42 Å². The standard InChI is InChI=1S/C11H11BrO2S2/c1-14-7-4-11(16-6-7)9(13)5-10-8(12)2-3-15-10/h2-4,6,9,13H,5H2,1H3. The first-order valence-corrected chi connectivity index (χ1v) is 7.28. The van der Waals surface area contributed by atoms with Crippen molar-refractivity contribution in [2.24, 2.45) is 0 Å². The Labute approximate surface area is 111 Å². The van der Waals surface area contributed by atoms with Crippen LogP contribution in [0, 0.1) is 0 Å². The van der Waals surface area contributed by atoms with Gasteiger partial charge in [-0.05, 0) is 33.4 Å². The topological polar surface area (TPSA) is 29.5 Å². The summed E-state index contributed by atoms with van der Waals surface area (Å²) in [5, 5.41) is 14.0. The highest BCUT2D eigenvalue weighted by molar-refractivity contribution is 9.10. The van der Waals surface area contributed by atoms with Crippen LogP contribution in [0.2, 0.25) is 0 Å². The molecule has 16 heavy (non-hydrogen) atoms. The summed E-state index contributed by atoms with van der Waals surface area (Å²) >= 11 is 6.64. The minimum atomic E-state index is -0.455. The van der Waals surface area contributed by atoms with Gasteiger partial charge in [0.25, 0.3) is 0 Å². The first-order chi connectivity index (χ1) is 7.70. The second kappa shape index (κ2) is 5.31. The van der Waals surface area contributed by atoms with Gasteiger partial charge in [0.15, 0.2) is 0 Å². The Bertz CT molecular complexity index is 464. The highest BCUT2D eigenvalue weighted by atomic mass is 79.9. The number of hydrogen-bond donors (Lipinski definition) is 1. The van der Waals surface area contributed by atoms with E-state index in [1.807, 2.05) is 22.9 Å². The van der Waals surface area contributed by atoms with Crippen LogP contribution >= 0.6 is 38.6 Å². The van der Waals surface area contributed by atoms with Gasteiger partial charge >= 0.3 is 0 Å². The van der Waals surface area contributed by atoms with Gasteiger partial charge in [0.05, 0.1) is 13.2 Å². The molecule has 1 unspecified atom stereocenters. The van der Waals surface area contributed by atoms with E-state index in [0.717, 1.165) is 15.1 Å². The molecule has 0 aliphatic rings. The molecule has 86 valence electrons. The van der Waals surface area contributed by atoms with Crippen LogP contribution < -0.4 is 4.74 Å². The third kappa shape index (κ3) is 2.66. The summed E-state index contributed by atoms with van der Waals surface area (Å²) in [4.78, 5) is 2.11. The van der Waals surface area contributed by atoms with Crippen LogP contribution in [0.4, 0.5) is 0 Å². The maximum absolute atomic E-state index is 10.1. The van der Waals surface area contributed by atoms with Crippen LogP contribution in [0.15, 0.2) is 27.4 Å². The van der Waals surface area contributed by atoms with E-state index >= 15 is 0 Å². The van der Waals surface area contributed by atoms with E-state index in [9.17, 15) is 5.11 Å². The van der Waals surface area contributed by atoms with Gasteiger partial charge in [-0.15, -0.1) is 22.7 Å². The van der Waals surface area contributed by atoms with Gasteiger partial charge in [0.2, 0.25) is 0 Å². The monoisotopic (exact) mass is 318 g/mol. The number of thiophene rings is 2. The van der Waals surface area contributed by atoms with Crippen molar-refractivity contribution in [3.05, 3.63) is 37.1 Å². The summed E-state index contributed by atoms with van der Waals surface area (Å²) < 4.78 is 6.17. The van der Waals surface area contributed by atoms with E-state index in [1.165, 1.54) is 16.2 Å². The molecule has 2 aromatic rings. The van der Waals surface area contributed by atoms with Crippen LogP contribution in [0.3, 0.4) is 0 Å². The van der Waals surface area contributed by atoms with Gasteiger partial charge in [-0.2, -0.15) is 0 Å². The summed E-state index contributed by atoms with van der Waals surface area (Å²) in [5.74, 6) is 0.810. The zero-order chi connectivity index (χ0) is 11.5. The van der Waals surface area contributed by atoms with E-state index in [4.69, 9.17) is 4.74 Å². The molecule has 0 aliphatic carbocycles. The van der Waals surface area contributed by atoms with Crippen molar-refractivity contribution in [1.82, 2.24) is 0 Å². The van der Waals surface area contributed by atoms with Gasteiger partial charge in [-0.1, -0.05) is 0 Å². The number of aliphatic hydroxyl groups excluding tert-OH is 1. The maximum Gasteiger partial charge on any atom is 0.129 e. The smallest absolute Gasteiger partial charge is 0.129 e. The summed E-state index contributed by atoms with van der Waals surface area (Å²) in [6, 6.07) is 3.89. The third-order valence-corrected chi connectivity index (χ3v) is 5.19. The molecule has 0 radical (unpaired) electrons. The lowest BCUT2D eigenvalue weighted by atomic mass is 10.2. The molecule has 0 bridgehead atoms. The van der Waals surface area contributed by atoms with Crippen LogP contribution in [0.1, 0.15) is 15.9 Å². The molecule has 0 saturated heterocycles. The van der Waals surface area contributed by atoms with Crippen molar-refractivity contribution in [3.63, 3.8) is 0 Å². The average Bonchev–Trinajstić information content (AvgIpc) is 2.88. The van der Waals surface area contributed by atoms with Crippen LogP contribution in [-0.4, -0.2) is 12.2 Å². The van der Waals surface area contributed by atoms with E-state index in [2.05, 4.69) is 15.9 Å². The predicted octanol–water partition coefficient (Wildman–Crippen LogP) is 3.86. The molecule has 0 saturated carbocycles. The Morgan fingerprint density at radius 3 is 2.88 bits per heavy atom. The molecule has 2 heterocycles. The number of hydrogen-bond acceptors (Lipinski definition) is 4. The molecule has 0 amide bonds. The number of halogens is 1. The second-order valence-electron chi connectivity index (χ2n) is 3.30. The fraction of sp³-hybridized carbons (Fsp3) is 0.273. The summed E-state index contributed by atoms with van der Waals surface area (Å²) in [6.07, 6.45) is 0.186. The number of rotatable bonds is 4. The van der Waals surface area contributed by atoms with Crippen molar-refractivity contribution in [2.75, 3.05) is 7.11 Å². The summed E-state index contributed by atoms with van der Waals surface area (Å²) in [5.41, 5.74) is 0. The van der Waals surface area contributed by atoms with E-state index in [0.29, 0.717) is 6.42 Å². The van der Waals surface area contributed by atoms with Gasteiger partial charge in [-0.25, -0.2) is 0 Å². The molecule has 0 aromatic carbocycles. The lowest BCUT2D eigenvalue weighted by molar-refractivity contribution is 0.183. The first-order valence-electron chi connectivity index (χ1n) is 4.73. The summed E-state index contributed by atoms with van der Waals surface area (Å²) in [7, 11) is 1.63. The minimum absolute atomic E-state index is 0.455.